The average Bonchev–Trinajstić information content (AvgIpc) is 3.07. The predicted octanol–water partition coefficient (Wildman–Crippen LogP) is 5.16. The topological polar surface area (TPSA) is 60.2 Å². The maximum atomic E-state index is 14.7. The van der Waals surface area contributed by atoms with Gasteiger partial charge in [0.25, 0.3) is 0 Å². The van der Waals surface area contributed by atoms with Gasteiger partial charge in [0.05, 0.1) is 18.8 Å². The van der Waals surface area contributed by atoms with Crippen molar-refractivity contribution in [2.75, 3.05) is 6.54 Å². The Hall–Kier alpha value is -2.93. The van der Waals surface area contributed by atoms with Crippen LogP contribution in [0.1, 0.15) is 26.5 Å². The van der Waals surface area contributed by atoms with E-state index in [1.807, 2.05) is 37.6 Å². The fourth-order valence-corrected chi connectivity index (χ4v) is 3.66. The normalized spacial score (nSPS) is 13.8. The molecule has 1 aliphatic rings. The van der Waals surface area contributed by atoms with Crippen LogP contribution in [0.5, 0.6) is 0 Å². The maximum absolute atomic E-state index is 14.7. The molecule has 0 radical (unpaired) electrons. The van der Waals surface area contributed by atoms with Crippen molar-refractivity contribution >= 4 is 17.7 Å². The van der Waals surface area contributed by atoms with Gasteiger partial charge in [0, 0.05) is 35.1 Å². The lowest BCUT2D eigenvalue weighted by Crippen LogP contribution is -2.41. The molecule has 0 spiro atoms. The standard InChI is InChI=1S/C22H22ClFN4O2/c1-22(2,3)30-21(29)27-10-11-28-18(13-27)19(14-6-8-25-9-7-14)20(26-28)16-12-15(23)4-5-17(16)24/h4-9,12H,10-11,13H2,1-3H3. The van der Waals surface area contributed by atoms with Gasteiger partial charge in [-0.2, -0.15) is 5.10 Å². The Balaban J connectivity index is 1.82. The number of benzene rings is 1. The number of carbonyl (C=O) groups is 1. The molecule has 0 fully saturated rings. The molecule has 8 heteroatoms. The monoisotopic (exact) mass is 428 g/mol. The second-order valence-corrected chi connectivity index (χ2v) is 8.59. The summed E-state index contributed by atoms with van der Waals surface area (Å²) in [4.78, 5) is 18.4. The fourth-order valence-electron chi connectivity index (χ4n) is 3.49. The minimum absolute atomic E-state index is 0.307. The Labute approximate surface area is 179 Å². The predicted molar refractivity (Wildman–Crippen MR) is 113 cm³/mol. The van der Waals surface area contributed by atoms with Crippen LogP contribution in [0.25, 0.3) is 22.4 Å². The number of amides is 1. The number of hydrogen-bond donors (Lipinski definition) is 0. The number of pyridine rings is 1. The van der Waals surface area contributed by atoms with Crippen LogP contribution in [0.15, 0.2) is 42.7 Å². The van der Waals surface area contributed by atoms with Crippen molar-refractivity contribution in [2.45, 2.75) is 39.5 Å². The van der Waals surface area contributed by atoms with Gasteiger partial charge in [-0.1, -0.05) is 11.6 Å². The zero-order chi connectivity index (χ0) is 21.5. The summed E-state index contributed by atoms with van der Waals surface area (Å²) in [5.41, 5.74) is 2.63. The van der Waals surface area contributed by atoms with Crippen molar-refractivity contribution in [2.24, 2.45) is 0 Å². The highest BCUT2D eigenvalue weighted by Crippen LogP contribution is 2.38. The van der Waals surface area contributed by atoms with Gasteiger partial charge in [0.15, 0.2) is 0 Å². The van der Waals surface area contributed by atoms with Gasteiger partial charge >= 0.3 is 6.09 Å². The van der Waals surface area contributed by atoms with E-state index in [-0.39, 0.29) is 6.09 Å². The molecule has 156 valence electrons. The Morgan fingerprint density at radius 2 is 1.90 bits per heavy atom. The van der Waals surface area contributed by atoms with E-state index < -0.39 is 11.4 Å². The highest BCUT2D eigenvalue weighted by Gasteiger charge is 2.31. The molecule has 0 aliphatic carbocycles. The van der Waals surface area contributed by atoms with Gasteiger partial charge in [0.2, 0.25) is 0 Å². The molecule has 30 heavy (non-hydrogen) atoms. The van der Waals surface area contributed by atoms with E-state index in [9.17, 15) is 9.18 Å². The third-order valence-corrected chi connectivity index (χ3v) is 5.02. The van der Waals surface area contributed by atoms with E-state index in [1.54, 1.807) is 23.4 Å². The Morgan fingerprint density at radius 1 is 1.17 bits per heavy atom. The molecule has 3 heterocycles. The SMILES string of the molecule is CC(C)(C)OC(=O)N1CCn2nc(-c3cc(Cl)ccc3F)c(-c3ccncc3)c2C1. The Bertz CT molecular complexity index is 1090. The van der Waals surface area contributed by atoms with Crippen molar-refractivity contribution in [3.63, 3.8) is 0 Å². The van der Waals surface area contributed by atoms with Crippen LogP contribution in [0.2, 0.25) is 5.02 Å². The van der Waals surface area contributed by atoms with E-state index in [0.29, 0.717) is 35.9 Å². The van der Waals surface area contributed by atoms with Gasteiger partial charge in [-0.3, -0.25) is 9.67 Å². The highest BCUT2D eigenvalue weighted by molar-refractivity contribution is 6.30. The van der Waals surface area contributed by atoms with E-state index in [1.165, 1.54) is 12.1 Å². The molecule has 6 nitrogen and oxygen atoms in total. The fraction of sp³-hybridized carbons (Fsp3) is 0.318. The molecule has 0 unspecified atom stereocenters. The van der Waals surface area contributed by atoms with E-state index in [2.05, 4.69) is 10.1 Å². The summed E-state index contributed by atoms with van der Waals surface area (Å²) in [6, 6.07) is 8.10. The molecule has 0 saturated carbocycles. The second kappa shape index (κ2) is 7.72. The lowest BCUT2D eigenvalue weighted by molar-refractivity contribution is 0.0195. The number of carbonyl (C=O) groups excluding carboxylic acids is 1. The molecule has 0 atom stereocenters. The van der Waals surface area contributed by atoms with E-state index >= 15 is 0 Å². The van der Waals surface area contributed by atoms with Crippen LogP contribution in [-0.2, 0) is 17.8 Å². The zero-order valence-electron chi connectivity index (χ0n) is 17.0. The summed E-state index contributed by atoms with van der Waals surface area (Å²) >= 11 is 6.14. The minimum atomic E-state index is -0.586. The van der Waals surface area contributed by atoms with E-state index in [4.69, 9.17) is 16.3 Å². The summed E-state index contributed by atoms with van der Waals surface area (Å²) in [7, 11) is 0. The van der Waals surface area contributed by atoms with Crippen molar-refractivity contribution in [3.8, 4) is 22.4 Å². The van der Waals surface area contributed by atoms with Crippen molar-refractivity contribution in [1.82, 2.24) is 19.7 Å². The van der Waals surface area contributed by atoms with Gasteiger partial charge in [-0.15, -0.1) is 0 Å². The highest BCUT2D eigenvalue weighted by atomic mass is 35.5. The van der Waals surface area contributed by atoms with Crippen LogP contribution in [0, 0.1) is 5.82 Å². The van der Waals surface area contributed by atoms with Gasteiger partial charge in [-0.25, -0.2) is 9.18 Å². The summed E-state index contributed by atoms with van der Waals surface area (Å²) in [5.74, 6) is -0.408. The molecule has 4 rings (SSSR count). The van der Waals surface area contributed by atoms with Crippen LogP contribution in [0.3, 0.4) is 0 Å². The number of nitrogens with zero attached hydrogens (tertiary/aromatic N) is 4. The second-order valence-electron chi connectivity index (χ2n) is 8.16. The summed E-state index contributed by atoms with van der Waals surface area (Å²) in [6.07, 6.45) is 2.96. The molecule has 3 aromatic rings. The number of fused-ring (bicyclic) bond motifs is 1. The van der Waals surface area contributed by atoms with Crippen LogP contribution < -0.4 is 0 Å². The summed E-state index contributed by atoms with van der Waals surface area (Å²) in [5, 5.41) is 5.11. The third-order valence-electron chi connectivity index (χ3n) is 4.78. The number of ether oxygens (including phenoxy) is 1. The maximum Gasteiger partial charge on any atom is 0.410 e. The molecule has 1 aromatic carbocycles. The van der Waals surface area contributed by atoms with Gasteiger partial charge in [0.1, 0.15) is 17.1 Å². The Morgan fingerprint density at radius 3 is 2.60 bits per heavy atom. The lowest BCUT2D eigenvalue weighted by Gasteiger charge is -2.30. The van der Waals surface area contributed by atoms with Crippen molar-refractivity contribution < 1.29 is 13.9 Å². The number of aromatic nitrogens is 3. The Kier molecular flexibility index (Phi) is 5.24. The largest absolute Gasteiger partial charge is 0.444 e. The van der Waals surface area contributed by atoms with Gasteiger partial charge in [-0.05, 0) is 56.7 Å². The molecule has 0 saturated heterocycles. The summed E-state index contributed by atoms with van der Waals surface area (Å²) < 4.78 is 22.1. The first-order chi connectivity index (χ1) is 14.2. The summed E-state index contributed by atoms with van der Waals surface area (Å²) in [6.45, 7) is 6.75. The first-order valence-electron chi connectivity index (χ1n) is 9.66. The number of hydrogen-bond acceptors (Lipinski definition) is 4. The average molecular weight is 429 g/mol. The number of rotatable bonds is 2. The smallest absolute Gasteiger partial charge is 0.410 e. The first kappa shape index (κ1) is 20.3. The first-order valence-corrected chi connectivity index (χ1v) is 10.0. The van der Waals surface area contributed by atoms with Crippen LogP contribution in [-0.4, -0.2) is 37.9 Å². The van der Waals surface area contributed by atoms with Crippen molar-refractivity contribution in [3.05, 3.63) is 59.3 Å². The molecule has 1 aliphatic heterocycles. The molecule has 2 aromatic heterocycles. The zero-order valence-corrected chi connectivity index (χ0v) is 17.8. The van der Waals surface area contributed by atoms with Crippen LogP contribution in [0.4, 0.5) is 9.18 Å². The van der Waals surface area contributed by atoms with Crippen LogP contribution >= 0.6 is 11.6 Å². The van der Waals surface area contributed by atoms with E-state index in [0.717, 1.165) is 16.8 Å². The van der Waals surface area contributed by atoms with Crippen molar-refractivity contribution in [1.29, 1.82) is 0 Å². The minimum Gasteiger partial charge on any atom is -0.444 e. The molecule has 0 bridgehead atoms. The quantitative estimate of drug-likeness (QED) is 0.566. The molecular formula is C22H22ClFN4O2. The molecule has 1 amide bonds. The third kappa shape index (κ3) is 4.03. The van der Waals surface area contributed by atoms with Gasteiger partial charge < -0.3 is 9.64 Å². The molecular weight excluding hydrogens is 407 g/mol. The number of halogens is 2. The molecule has 0 N–H and O–H groups in total. The lowest BCUT2D eigenvalue weighted by atomic mass is 9.98.